The van der Waals surface area contributed by atoms with E-state index in [2.05, 4.69) is 15.3 Å². The van der Waals surface area contributed by atoms with Crippen molar-refractivity contribution in [1.82, 2.24) is 18.6 Å². The molecule has 0 radical (unpaired) electrons. The van der Waals surface area contributed by atoms with Crippen molar-refractivity contribution in [2.24, 2.45) is 0 Å². The molecule has 1 aliphatic rings. The third-order valence-electron chi connectivity index (χ3n) is 5.61. The van der Waals surface area contributed by atoms with Crippen molar-refractivity contribution in [3.05, 3.63) is 47.5 Å². The van der Waals surface area contributed by atoms with E-state index in [1.54, 1.807) is 24.3 Å². The molecule has 1 aromatic heterocycles. The number of fused-ring (bicyclic) bond motifs is 1. The number of nitrogens with one attached hydrogen (secondary N) is 1. The number of aromatic nitrogens is 2. The van der Waals surface area contributed by atoms with Crippen LogP contribution in [-0.2, 0) is 10.2 Å². The van der Waals surface area contributed by atoms with Crippen molar-refractivity contribution in [1.29, 1.82) is 0 Å². The number of benzene rings is 2. The zero-order valence-electron chi connectivity index (χ0n) is 19.0. The Morgan fingerprint density at radius 3 is 2.59 bits per heavy atom. The number of hydrogen-bond donors (Lipinski definition) is 1. The van der Waals surface area contributed by atoms with Gasteiger partial charge in [0.05, 0.1) is 23.3 Å². The summed E-state index contributed by atoms with van der Waals surface area (Å²) in [6, 6.07) is 8.12. The van der Waals surface area contributed by atoms with Crippen molar-refractivity contribution < 1.29 is 22.3 Å². The number of ether oxygens (including phenoxy) is 2. The lowest BCUT2D eigenvalue weighted by Crippen LogP contribution is -2.46. The molecule has 0 saturated carbocycles. The molecule has 4 rings (SSSR count). The molecule has 1 fully saturated rings. The van der Waals surface area contributed by atoms with Crippen LogP contribution in [0, 0.1) is 5.82 Å². The average molecular weight is 510 g/mol. The molecule has 34 heavy (non-hydrogen) atoms. The quantitative estimate of drug-likeness (QED) is 0.517. The molecule has 9 nitrogen and oxygen atoms in total. The second-order valence-corrected chi connectivity index (χ2v) is 10.5. The monoisotopic (exact) mass is 509 g/mol. The molecule has 0 spiro atoms. The van der Waals surface area contributed by atoms with Crippen molar-refractivity contribution >= 4 is 44.2 Å². The van der Waals surface area contributed by atoms with Crippen LogP contribution in [0.5, 0.6) is 11.5 Å². The molecule has 12 heteroatoms. The van der Waals surface area contributed by atoms with Crippen molar-refractivity contribution in [3.8, 4) is 11.5 Å². The molecule has 2 aromatic carbocycles. The minimum atomic E-state index is -3.46. The Kier molecular flexibility index (Phi) is 7.08. The highest BCUT2D eigenvalue weighted by Crippen LogP contribution is 2.37. The Morgan fingerprint density at radius 1 is 1.18 bits per heavy atom. The molecular formula is C22H25ClFN5O4S. The maximum absolute atomic E-state index is 14.4. The largest absolute Gasteiger partial charge is 0.493 e. The average Bonchev–Trinajstić information content (AvgIpc) is 2.82. The van der Waals surface area contributed by atoms with Gasteiger partial charge in [-0.2, -0.15) is 17.0 Å². The molecule has 2 heterocycles. The minimum Gasteiger partial charge on any atom is -0.493 e. The molecule has 3 aromatic rings. The Labute approximate surface area is 202 Å². The van der Waals surface area contributed by atoms with E-state index in [0.29, 0.717) is 54.2 Å². The topological polar surface area (TPSA) is 96.9 Å². The third-order valence-corrected chi connectivity index (χ3v) is 7.84. The van der Waals surface area contributed by atoms with Crippen molar-refractivity contribution in [2.45, 2.75) is 18.9 Å². The molecule has 0 bridgehead atoms. The van der Waals surface area contributed by atoms with Gasteiger partial charge >= 0.3 is 0 Å². The summed E-state index contributed by atoms with van der Waals surface area (Å²) in [6.45, 7) is 0.704. The van der Waals surface area contributed by atoms with Crippen LogP contribution >= 0.6 is 11.6 Å². The zero-order chi connectivity index (χ0) is 24.5. The van der Waals surface area contributed by atoms with Gasteiger partial charge in [0.2, 0.25) is 0 Å². The van der Waals surface area contributed by atoms with E-state index in [1.165, 1.54) is 42.2 Å². The molecule has 1 N–H and O–H groups in total. The summed E-state index contributed by atoms with van der Waals surface area (Å²) >= 11 is 5.90. The maximum Gasteiger partial charge on any atom is 0.281 e. The SMILES string of the molecule is COc1cc2ncnc(Nc3cccc(Cl)c3F)c2cc1OC1CCN(S(=O)(=O)N(C)C)CC1. The number of rotatable bonds is 7. The summed E-state index contributed by atoms with van der Waals surface area (Å²) in [6.07, 6.45) is 2.22. The normalized spacial score (nSPS) is 15.6. The zero-order valence-corrected chi connectivity index (χ0v) is 20.5. The Morgan fingerprint density at radius 2 is 1.91 bits per heavy atom. The van der Waals surface area contributed by atoms with Crippen LogP contribution in [0.25, 0.3) is 10.9 Å². The van der Waals surface area contributed by atoms with E-state index in [-0.39, 0.29) is 16.8 Å². The summed E-state index contributed by atoms with van der Waals surface area (Å²) in [4.78, 5) is 8.55. The molecule has 0 atom stereocenters. The van der Waals surface area contributed by atoms with Gasteiger partial charge in [0.15, 0.2) is 17.3 Å². The highest BCUT2D eigenvalue weighted by atomic mass is 35.5. The molecule has 0 aliphatic carbocycles. The van der Waals surface area contributed by atoms with Crippen LogP contribution < -0.4 is 14.8 Å². The van der Waals surface area contributed by atoms with Crippen LogP contribution in [-0.4, -0.2) is 67.4 Å². The van der Waals surface area contributed by atoms with E-state index in [4.69, 9.17) is 21.1 Å². The van der Waals surface area contributed by atoms with Gasteiger partial charge in [-0.15, -0.1) is 0 Å². The standard InChI is InChI=1S/C22H25ClFN5O4S/c1-28(2)34(30,31)29-9-7-14(8-10-29)33-20-11-15-18(12-19(20)32-3)25-13-26-22(15)27-17-6-4-5-16(23)21(17)24/h4-6,11-14H,7-10H2,1-3H3,(H,25,26,27). The number of anilines is 2. The molecule has 0 unspecified atom stereocenters. The predicted octanol–water partition coefficient (Wildman–Crippen LogP) is 3.82. The van der Waals surface area contributed by atoms with Gasteiger partial charge < -0.3 is 14.8 Å². The fraction of sp³-hybridized carbons (Fsp3) is 0.364. The van der Waals surface area contributed by atoms with E-state index in [1.807, 2.05) is 0 Å². The van der Waals surface area contributed by atoms with Crippen molar-refractivity contribution in [3.63, 3.8) is 0 Å². The lowest BCUT2D eigenvalue weighted by atomic mass is 10.1. The Balaban J connectivity index is 1.60. The first-order valence-electron chi connectivity index (χ1n) is 10.6. The number of piperidine rings is 1. The van der Waals surface area contributed by atoms with Gasteiger partial charge in [-0.05, 0) is 31.0 Å². The summed E-state index contributed by atoms with van der Waals surface area (Å²) in [5.74, 6) is 0.744. The van der Waals surface area contributed by atoms with Crippen LogP contribution in [0.4, 0.5) is 15.9 Å². The van der Waals surface area contributed by atoms with Gasteiger partial charge in [0, 0.05) is 38.6 Å². The summed E-state index contributed by atoms with van der Waals surface area (Å²) in [5, 5.41) is 3.57. The van der Waals surface area contributed by atoms with Gasteiger partial charge in [-0.1, -0.05) is 17.7 Å². The fourth-order valence-corrected chi connectivity index (χ4v) is 5.04. The van der Waals surface area contributed by atoms with Crippen LogP contribution in [0.3, 0.4) is 0 Å². The van der Waals surface area contributed by atoms with E-state index in [0.717, 1.165) is 0 Å². The molecule has 0 amide bonds. The molecule has 182 valence electrons. The lowest BCUT2D eigenvalue weighted by Gasteiger charge is -2.33. The third kappa shape index (κ3) is 4.88. The van der Waals surface area contributed by atoms with Gasteiger partial charge in [-0.25, -0.2) is 14.4 Å². The summed E-state index contributed by atoms with van der Waals surface area (Å²) in [5.41, 5.74) is 0.760. The lowest BCUT2D eigenvalue weighted by molar-refractivity contribution is 0.129. The van der Waals surface area contributed by atoms with Crippen molar-refractivity contribution in [2.75, 3.05) is 39.6 Å². The highest BCUT2D eigenvalue weighted by molar-refractivity contribution is 7.86. The second kappa shape index (κ2) is 9.87. The van der Waals surface area contributed by atoms with Crippen LogP contribution in [0.1, 0.15) is 12.8 Å². The second-order valence-electron chi connectivity index (χ2n) is 7.98. The maximum atomic E-state index is 14.4. The number of hydrogen-bond acceptors (Lipinski definition) is 7. The fourth-order valence-electron chi connectivity index (χ4n) is 3.73. The van der Waals surface area contributed by atoms with Gasteiger partial charge in [-0.3, -0.25) is 0 Å². The summed E-state index contributed by atoms with van der Waals surface area (Å²) < 4.78 is 53.5. The van der Waals surface area contributed by atoms with E-state index in [9.17, 15) is 12.8 Å². The molecule has 1 aliphatic heterocycles. The van der Waals surface area contributed by atoms with Gasteiger partial charge in [0.25, 0.3) is 10.2 Å². The van der Waals surface area contributed by atoms with E-state index >= 15 is 0 Å². The number of nitrogens with zero attached hydrogens (tertiary/aromatic N) is 4. The number of methoxy groups -OCH3 is 1. The Hall–Kier alpha value is -2.73. The minimum absolute atomic E-state index is 0.00308. The first kappa shape index (κ1) is 24.4. The van der Waals surface area contributed by atoms with Crippen LogP contribution in [0.2, 0.25) is 5.02 Å². The first-order valence-corrected chi connectivity index (χ1v) is 12.4. The van der Waals surface area contributed by atoms with E-state index < -0.39 is 16.0 Å². The first-order chi connectivity index (χ1) is 16.2. The smallest absolute Gasteiger partial charge is 0.281 e. The molecular weight excluding hydrogens is 485 g/mol. The molecule has 1 saturated heterocycles. The predicted molar refractivity (Wildman–Crippen MR) is 129 cm³/mol. The van der Waals surface area contributed by atoms with Crippen LogP contribution in [0.15, 0.2) is 36.7 Å². The Bertz CT molecular complexity index is 1300. The van der Waals surface area contributed by atoms with Gasteiger partial charge in [0.1, 0.15) is 18.2 Å². The summed E-state index contributed by atoms with van der Waals surface area (Å²) in [7, 11) is 1.10. The number of halogens is 2. The highest BCUT2D eigenvalue weighted by Gasteiger charge is 2.30.